The number of para-hydroxylation sites is 1. The second-order valence-electron chi connectivity index (χ2n) is 6.25. The molecule has 0 amide bonds. The van der Waals surface area contributed by atoms with Crippen LogP contribution in [0.25, 0.3) is 0 Å². The standard InChI is InChI=1S/C17H25NO3/c1-13-4-2-5-14-15(6-3-9-21-16(13)14)18-12-17(19)7-10-20-11-8-17/h2,4-5,15,18-19H,3,6-12H2,1H3. The van der Waals surface area contributed by atoms with Crippen molar-refractivity contribution in [1.29, 1.82) is 0 Å². The predicted molar refractivity (Wildman–Crippen MR) is 81.7 cm³/mol. The third-order valence-electron chi connectivity index (χ3n) is 4.60. The van der Waals surface area contributed by atoms with Gasteiger partial charge in [-0.2, -0.15) is 0 Å². The Balaban J connectivity index is 1.72. The lowest BCUT2D eigenvalue weighted by Crippen LogP contribution is -2.45. The fraction of sp³-hybridized carbons (Fsp3) is 0.647. The van der Waals surface area contributed by atoms with Gasteiger partial charge in [0, 0.05) is 44.2 Å². The van der Waals surface area contributed by atoms with Gasteiger partial charge in [-0.3, -0.25) is 0 Å². The van der Waals surface area contributed by atoms with E-state index in [1.54, 1.807) is 0 Å². The van der Waals surface area contributed by atoms with Crippen LogP contribution >= 0.6 is 0 Å². The third-order valence-corrected chi connectivity index (χ3v) is 4.60. The van der Waals surface area contributed by atoms with Crippen molar-refractivity contribution in [2.75, 3.05) is 26.4 Å². The average Bonchev–Trinajstić information content (AvgIpc) is 2.69. The molecule has 0 aromatic heterocycles. The molecule has 2 N–H and O–H groups in total. The predicted octanol–water partition coefficient (Wildman–Crippen LogP) is 2.34. The highest BCUT2D eigenvalue weighted by Crippen LogP contribution is 2.34. The van der Waals surface area contributed by atoms with Crippen molar-refractivity contribution in [3.05, 3.63) is 29.3 Å². The number of nitrogens with one attached hydrogen (secondary N) is 1. The quantitative estimate of drug-likeness (QED) is 0.897. The van der Waals surface area contributed by atoms with E-state index in [1.165, 1.54) is 11.1 Å². The second-order valence-corrected chi connectivity index (χ2v) is 6.25. The summed E-state index contributed by atoms with van der Waals surface area (Å²) in [7, 11) is 0. The molecule has 4 heteroatoms. The summed E-state index contributed by atoms with van der Waals surface area (Å²) in [5.41, 5.74) is 1.78. The van der Waals surface area contributed by atoms with Gasteiger partial charge in [-0.25, -0.2) is 0 Å². The van der Waals surface area contributed by atoms with Crippen molar-refractivity contribution in [1.82, 2.24) is 5.32 Å². The van der Waals surface area contributed by atoms with Crippen LogP contribution in [0.1, 0.15) is 42.9 Å². The molecule has 4 nitrogen and oxygen atoms in total. The van der Waals surface area contributed by atoms with Crippen LogP contribution in [-0.2, 0) is 4.74 Å². The summed E-state index contributed by atoms with van der Waals surface area (Å²) < 4.78 is 11.2. The first kappa shape index (κ1) is 14.8. The van der Waals surface area contributed by atoms with Crippen molar-refractivity contribution in [2.24, 2.45) is 0 Å². The molecule has 1 fully saturated rings. The van der Waals surface area contributed by atoms with E-state index < -0.39 is 5.60 Å². The largest absolute Gasteiger partial charge is 0.493 e. The smallest absolute Gasteiger partial charge is 0.126 e. The summed E-state index contributed by atoms with van der Waals surface area (Å²) in [5, 5.41) is 14.2. The maximum atomic E-state index is 10.6. The van der Waals surface area contributed by atoms with Gasteiger partial charge in [0.15, 0.2) is 0 Å². The van der Waals surface area contributed by atoms with Gasteiger partial charge < -0.3 is 19.9 Å². The summed E-state index contributed by atoms with van der Waals surface area (Å²) in [6.45, 7) is 4.79. The summed E-state index contributed by atoms with van der Waals surface area (Å²) >= 11 is 0. The van der Waals surface area contributed by atoms with Crippen LogP contribution in [0.3, 0.4) is 0 Å². The first-order valence-corrected chi connectivity index (χ1v) is 7.94. The zero-order valence-electron chi connectivity index (χ0n) is 12.7. The van der Waals surface area contributed by atoms with Crippen LogP contribution in [0.5, 0.6) is 5.75 Å². The number of ether oxygens (including phenoxy) is 2. The maximum absolute atomic E-state index is 10.6. The van der Waals surface area contributed by atoms with Gasteiger partial charge in [-0.15, -0.1) is 0 Å². The van der Waals surface area contributed by atoms with E-state index in [4.69, 9.17) is 9.47 Å². The molecule has 0 saturated carbocycles. The summed E-state index contributed by atoms with van der Waals surface area (Å²) in [4.78, 5) is 0. The van der Waals surface area contributed by atoms with Crippen molar-refractivity contribution < 1.29 is 14.6 Å². The normalized spacial score (nSPS) is 24.8. The van der Waals surface area contributed by atoms with Gasteiger partial charge in [-0.05, 0) is 25.3 Å². The van der Waals surface area contributed by atoms with Gasteiger partial charge in [0.25, 0.3) is 0 Å². The molecular weight excluding hydrogens is 266 g/mol. The van der Waals surface area contributed by atoms with Crippen molar-refractivity contribution >= 4 is 0 Å². The van der Waals surface area contributed by atoms with E-state index in [2.05, 4.69) is 30.4 Å². The molecule has 3 rings (SSSR count). The molecule has 1 unspecified atom stereocenters. The Hall–Kier alpha value is -1.10. The highest BCUT2D eigenvalue weighted by molar-refractivity contribution is 5.43. The minimum atomic E-state index is -0.630. The van der Waals surface area contributed by atoms with E-state index in [0.717, 1.165) is 25.2 Å². The molecule has 1 atom stereocenters. The Bertz CT molecular complexity index is 483. The Kier molecular flexibility index (Phi) is 4.48. The van der Waals surface area contributed by atoms with Gasteiger partial charge >= 0.3 is 0 Å². The molecule has 0 bridgehead atoms. The second kappa shape index (κ2) is 6.34. The monoisotopic (exact) mass is 291 g/mol. The molecule has 1 aromatic rings. The number of fused-ring (bicyclic) bond motifs is 1. The zero-order chi connectivity index (χ0) is 14.7. The van der Waals surface area contributed by atoms with Gasteiger partial charge in [-0.1, -0.05) is 18.2 Å². The highest BCUT2D eigenvalue weighted by Gasteiger charge is 2.31. The van der Waals surface area contributed by atoms with Crippen LogP contribution in [0, 0.1) is 6.92 Å². The SMILES string of the molecule is Cc1cccc2c1OCCCC2NCC1(O)CCOCC1. The van der Waals surface area contributed by atoms with Crippen LogP contribution in [0.4, 0.5) is 0 Å². The van der Waals surface area contributed by atoms with E-state index in [1.807, 2.05) is 0 Å². The number of hydrogen-bond donors (Lipinski definition) is 2. The number of aliphatic hydroxyl groups is 1. The molecule has 21 heavy (non-hydrogen) atoms. The number of benzene rings is 1. The van der Waals surface area contributed by atoms with Gasteiger partial charge in [0.1, 0.15) is 5.75 Å². The topological polar surface area (TPSA) is 50.7 Å². The molecule has 1 aromatic carbocycles. The average molecular weight is 291 g/mol. The van der Waals surface area contributed by atoms with E-state index in [0.29, 0.717) is 32.6 Å². The fourth-order valence-corrected chi connectivity index (χ4v) is 3.22. The molecule has 0 aliphatic carbocycles. The lowest BCUT2D eigenvalue weighted by molar-refractivity contribution is -0.0629. The van der Waals surface area contributed by atoms with E-state index >= 15 is 0 Å². The first-order chi connectivity index (χ1) is 10.2. The molecule has 2 aliphatic rings. The van der Waals surface area contributed by atoms with Crippen LogP contribution < -0.4 is 10.1 Å². The molecule has 2 aliphatic heterocycles. The summed E-state index contributed by atoms with van der Waals surface area (Å²) in [6, 6.07) is 6.57. The van der Waals surface area contributed by atoms with Crippen LogP contribution in [0.2, 0.25) is 0 Å². The minimum absolute atomic E-state index is 0.259. The number of rotatable bonds is 3. The Morgan fingerprint density at radius 2 is 2.10 bits per heavy atom. The van der Waals surface area contributed by atoms with E-state index in [-0.39, 0.29) is 6.04 Å². The molecular formula is C17H25NO3. The van der Waals surface area contributed by atoms with Crippen LogP contribution in [-0.4, -0.2) is 37.1 Å². The highest BCUT2D eigenvalue weighted by atomic mass is 16.5. The number of aryl methyl sites for hydroxylation is 1. The lowest BCUT2D eigenvalue weighted by Gasteiger charge is -2.34. The molecule has 1 saturated heterocycles. The maximum Gasteiger partial charge on any atom is 0.126 e. The fourth-order valence-electron chi connectivity index (χ4n) is 3.22. The zero-order valence-corrected chi connectivity index (χ0v) is 12.7. The van der Waals surface area contributed by atoms with Crippen LogP contribution in [0.15, 0.2) is 18.2 Å². The minimum Gasteiger partial charge on any atom is -0.493 e. The Labute approximate surface area is 126 Å². The molecule has 0 radical (unpaired) electrons. The van der Waals surface area contributed by atoms with Crippen molar-refractivity contribution in [3.8, 4) is 5.75 Å². The molecule has 2 heterocycles. The van der Waals surface area contributed by atoms with Gasteiger partial charge in [0.2, 0.25) is 0 Å². The number of hydrogen-bond acceptors (Lipinski definition) is 4. The molecule has 0 spiro atoms. The third kappa shape index (κ3) is 3.39. The molecule has 116 valence electrons. The Morgan fingerprint density at radius 3 is 2.90 bits per heavy atom. The van der Waals surface area contributed by atoms with Crippen molar-refractivity contribution in [3.63, 3.8) is 0 Å². The first-order valence-electron chi connectivity index (χ1n) is 7.94. The lowest BCUT2D eigenvalue weighted by atomic mass is 9.93. The van der Waals surface area contributed by atoms with E-state index in [9.17, 15) is 5.11 Å². The van der Waals surface area contributed by atoms with Crippen molar-refractivity contribution in [2.45, 2.75) is 44.2 Å². The van der Waals surface area contributed by atoms with Gasteiger partial charge in [0.05, 0.1) is 12.2 Å². The summed E-state index contributed by atoms with van der Waals surface area (Å²) in [6.07, 6.45) is 3.50. The summed E-state index contributed by atoms with van der Waals surface area (Å²) in [5.74, 6) is 1.02. The Morgan fingerprint density at radius 1 is 1.29 bits per heavy atom.